The van der Waals surface area contributed by atoms with Crippen molar-refractivity contribution < 1.29 is 4.40 Å². The Morgan fingerprint density at radius 1 is 0.559 bits per heavy atom. The molecule has 0 saturated heterocycles. The maximum absolute atomic E-state index is 4.98. The summed E-state index contributed by atoms with van der Waals surface area (Å²) in [5.74, 6) is 0. The van der Waals surface area contributed by atoms with E-state index in [2.05, 4.69) is 143 Å². The maximum atomic E-state index is 4.98. The van der Waals surface area contributed by atoms with Crippen LogP contribution in [0, 0.1) is 0 Å². The molecule has 0 aliphatic rings. The number of rotatable bonds is 5. The second kappa shape index (κ2) is 8.45. The molecule has 0 radical (unpaired) electrons. The van der Waals surface area contributed by atoms with Crippen molar-refractivity contribution in [2.24, 2.45) is 0 Å². The topological polar surface area (TPSA) is 21.9 Å². The van der Waals surface area contributed by atoms with Gasteiger partial charge in [0.25, 0.3) is 0 Å². The molecule has 0 amide bonds. The fraction of sp³-hybridized carbons (Fsp3) is 0.0323. The molecule has 0 fully saturated rings. The van der Waals surface area contributed by atoms with Crippen LogP contribution < -0.4 is 4.40 Å². The fourth-order valence-electron chi connectivity index (χ4n) is 4.86. The molecular formula is C31H24N3+. The third kappa shape index (κ3) is 3.30. The first kappa shape index (κ1) is 20.1. The van der Waals surface area contributed by atoms with Crippen LogP contribution in [0.15, 0.2) is 146 Å². The van der Waals surface area contributed by atoms with E-state index < -0.39 is 5.54 Å². The normalized spacial score (nSPS) is 11.5. The lowest BCUT2D eigenvalue weighted by molar-refractivity contribution is -0.511. The molecule has 0 bridgehead atoms. The zero-order valence-electron chi connectivity index (χ0n) is 18.7. The van der Waals surface area contributed by atoms with Crippen molar-refractivity contribution >= 4 is 5.52 Å². The van der Waals surface area contributed by atoms with E-state index in [-0.39, 0.29) is 0 Å². The monoisotopic (exact) mass is 438 g/mol. The predicted octanol–water partition coefficient (Wildman–Crippen LogP) is 6.13. The van der Waals surface area contributed by atoms with Gasteiger partial charge in [0, 0.05) is 36.0 Å². The van der Waals surface area contributed by atoms with Gasteiger partial charge in [-0.15, -0.1) is 0 Å². The predicted molar refractivity (Wildman–Crippen MR) is 135 cm³/mol. The lowest BCUT2D eigenvalue weighted by atomic mass is 9.77. The van der Waals surface area contributed by atoms with Crippen molar-refractivity contribution in [1.82, 2.24) is 9.78 Å². The summed E-state index contributed by atoms with van der Waals surface area (Å²) in [6.45, 7) is 0. The quantitative estimate of drug-likeness (QED) is 0.234. The largest absolute Gasteiger partial charge is 0.252 e. The van der Waals surface area contributed by atoms with E-state index in [0.29, 0.717) is 0 Å². The molecule has 0 spiro atoms. The maximum Gasteiger partial charge on any atom is 0.211 e. The Morgan fingerprint density at radius 2 is 1.12 bits per heavy atom. The number of hydrogen-bond donors (Lipinski definition) is 0. The zero-order chi connectivity index (χ0) is 22.8. The lowest BCUT2D eigenvalue weighted by Crippen LogP contribution is -2.38. The lowest BCUT2D eigenvalue weighted by Gasteiger charge is -2.36. The summed E-state index contributed by atoms with van der Waals surface area (Å²) in [7, 11) is 0. The molecule has 0 aliphatic heterocycles. The molecule has 3 aromatic heterocycles. The van der Waals surface area contributed by atoms with Crippen molar-refractivity contribution in [3.05, 3.63) is 163 Å². The van der Waals surface area contributed by atoms with Crippen LogP contribution >= 0.6 is 0 Å². The van der Waals surface area contributed by atoms with Crippen LogP contribution in [-0.2, 0) is 5.54 Å². The Kier molecular flexibility index (Phi) is 5.00. The molecule has 3 nitrogen and oxygen atoms in total. The Hall–Kier alpha value is -4.50. The molecule has 162 valence electrons. The first-order valence-electron chi connectivity index (χ1n) is 11.5. The molecule has 3 heterocycles. The highest BCUT2D eigenvalue weighted by atomic mass is 15.3. The van der Waals surface area contributed by atoms with Gasteiger partial charge in [0.05, 0.1) is 6.20 Å². The Morgan fingerprint density at radius 3 is 1.71 bits per heavy atom. The Bertz CT molecular complexity index is 1440. The van der Waals surface area contributed by atoms with E-state index in [1.54, 1.807) is 0 Å². The molecule has 6 aromatic rings. The minimum absolute atomic E-state index is 0.604. The molecule has 0 unspecified atom stereocenters. The first-order chi connectivity index (χ1) is 16.9. The van der Waals surface area contributed by atoms with Crippen molar-refractivity contribution in [3.8, 4) is 11.1 Å². The third-order valence-corrected chi connectivity index (χ3v) is 6.48. The number of pyridine rings is 2. The smallest absolute Gasteiger partial charge is 0.211 e. The number of fused-ring (bicyclic) bond motifs is 1. The molecule has 3 aromatic carbocycles. The molecule has 34 heavy (non-hydrogen) atoms. The van der Waals surface area contributed by atoms with Gasteiger partial charge in [-0.05, 0) is 28.3 Å². The Labute approximate surface area is 199 Å². The summed E-state index contributed by atoms with van der Waals surface area (Å²) in [5, 5.41) is 4.98. The van der Waals surface area contributed by atoms with E-state index >= 15 is 0 Å². The summed E-state index contributed by atoms with van der Waals surface area (Å²) in [6, 6.07) is 42.5. The zero-order valence-corrected chi connectivity index (χ0v) is 18.7. The second-order valence-corrected chi connectivity index (χ2v) is 8.43. The molecule has 0 saturated carbocycles. The number of nitrogens with zero attached hydrogens (tertiary/aromatic N) is 3. The summed E-state index contributed by atoms with van der Waals surface area (Å²) >= 11 is 0. The molecule has 0 N–H and O–H groups in total. The highest BCUT2D eigenvalue weighted by Gasteiger charge is 2.39. The number of aromatic nitrogens is 3. The van der Waals surface area contributed by atoms with Crippen LogP contribution in [0.2, 0.25) is 0 Å². The highest BCUT2D eigenvalue weighted by Crippen LogP contribution is 2.41. The van der Waals surface area contributed by atoms with E-state index in [1.165, 1.54) is 0 Å². The van der Waals surface area contributed by atoms with E-state index in [0.717, 1.165) is 33.3 Å². The minimum atomic E-state index is -0.604. The van der Waals surface area contributed by atoms with Gasteiger partial charge in [-0.2, -0.15) is 9.50 Å². The van der Waals surface area contributed by atoms with Gasteiger partial charge in [0.1, 0.15) is 5.54 Å². The van der Waals surface area contributed by atoms with Crippen LogP contribution in [0.4, 0.5) is 0 Å². The van der Waals surface area contributed by atoms with Crippen LogP contribution in [0.5, 0.6) is 0 Å². The standard InChI is InChI=1S/C31H24N3/c1-4-12-27(13-5-1)31(28-14-6-2-7-15-28,29-16-8-3-9-17-29)34-24-26(23-32-34)25-19-21-33-20-11-10-18-30(33)22-25/h1-24H/q+1. The van der Waals surface area contributed by atoms with E-state index in [1.807, 2.05) is 12.3 Å². The molecular weight excluding hydrogens is 414 g/mol. The van der Waals surface area contributed by atoms with Crippen molar-refractivity contribution in [3.63, 3.8) is 0 Å². The molecule has 0 atom stereocenters. The van der Waals surface area contributed by atoms with Gasteiger partial charge >= 0.3 is 0 Å². The average molecular weight is 439 g/mol. The van der Waals surface area contributed by atoms with Gasteiger partial charge in [-0.3, -0.25) is 4.68 Å². The van der Waals surface area contributed by atoms with E-state index in [9.17, 15) is 0 Å². The summed E-state index contributed by atoms with van der Waals surface area (Å²) in [5.41, 5.74) is 6.25. The third-order valence-electron chi connectivity index (χ3n) is 6.48. The van der Waals surface area contributed by atoms with Crippen molar-refractivity contribution in [1.29, 1.82) is 0 Å². The molecule has 3 heteroatoms. The van der Waals surface area contributed by atoms with Crippen LogP contribution in [0.25, 0.3) is 16.6 Å². The van der Waals surface area contributed by atoms with Crippen molar-refractivity contribution in [2.45, 2.75) is 5.54 Å². The van der Waals surface area contributed by atoms with Gasteiger partial charge in [-0.1, -0.05) is 91.0 Å². The van der Waals surface area contributed by atoms with Crippen LogP contribution in [0.3, 0.4) is 0 Å². The van der Waals surface area contributed by atoms with Crippen LogP contribution in [0.1, 0.15) is 16.7 Å². The minimum Gasteiger partial charge on any atom is -0.252 e. The Balaban J connectivity index is 1.61. The highest BCUT2D eigenvalue weighted by molar-refractivity contribution is 5.66. The SMILES string of the molecule is c1ccc(C(c2ccccc2)(c2ccccc2)n2cc(-c3cc[n+]4ccccc4c3)cn2)cc1. The number of hydrogen-bond acceptors (Lipinski definition) is 1. The fourth-order valence-corrected chi connectivity index (χ4v) is 4.86. The second-order valence-electron chi connectivity index (χ2n) is 8.43. The average Bonchev–Trinajstić information content (AvgIpc) is 3.41. The van der Waals surface area contributed by atoms with Gasteiger partial charge in [0.2, 0.25) is 5.52 Å². The van der Waals surface area contributed by atoms with E-state index in [4.69, 9.17) is 5.10 Å². The van der Waals surface area contributed by atoms with Crippen LogP contribution in [-0.4, -0.2) is 9.78 Å². The van der Waals surface area contributed by atoms with Gasteiger partial charge in [-0.25, -0.2) is 0 Å². The number of benzene rings is 3. The van der Waals surface area contributed by atoms with Gasteiger partial charge < -0.3 is 0 Å². The summed E-state index contributed by atoms with van der Waals surface area (Å²) in [4.78, 5) is 0. The molecule has 0 aliphatic carbocycles. The first-order valence-corrected chi connectivity index (χ1v) is 11.5. The summed E-state index contributed by atoms with van der Waals surface area (Å²) in [6.07, 6.45) is 8.30. The summed E-state index contributed by atoms with van der Waals surface area (Å²) < 4.78 is 4.24. The van der Waals surface area contributed by atoms with Gasteiger partial charge in [0.15, 0.2) is 12.4 Å². The van der Waals surface area contributed by atoms with Crippen molar-refractivity contribution in [2.75, 3.05) is 0 Å². The molecule has 6 rings (SSSR count).